The molecule has 69 heavy (non-hydrogen) atoms. The largest absolute Gasteiger partial charge is 0.494 e. The fourth-order valence-electron chi connectivity index (χ4n) is 7.89. The van der Waals surface area contributed by atoms with Crippen molar-refractivity contribution in [1.82, 2.24) is 29.1 Å². The number of carbonyl (C=O) groups excluding carboxylic acids is 1. The summed E-state index contributed by atoms with van der Waals surface area (Å²) in [6.07, 6.45) is -2.27. The molecule has 3 fully saturated rings. The summed E-state index contributed by atoms with van der Waals surface area (Å²) in [4.78, 5) is 62.4. The number of halogens is 2. The topological polar surface area (TPSA) is 270 Å². The summed E-state index contributed by atoms with van der Waals surface area (Å²) >= 11 is 0.596. The number of aromatic amines is 1. The number of nitrogens with one attached hydrogen (secondary N) is 1. The van der Waals surface area contributed by atoms with Crippen molar-refractivity contribution in [3.05, 3.63) is 105 Å². The highest BCUT2D eigenvalue weighted by Gasteiger charge is 2.55. The van der Waals surface area contributed by atoms with Gasteiger partial charge in [-0.15, -0.1) is 0 Å². The first-order valence-electron chi connectivity index (χ1n) is 22.3. The lowest BCUT2D eigenvalue weighted by molar-refractivity contribution is -0.0619. The SMILES string of the molecule is CCCCCCCCCCOc1ccc(C(=O)Oc2ccc(CSP3(=O)OC[C@H]4O[C@@H](n5cnc6c(N)ncnc65)[C@@H](F)C4OP(=O)(O)OC[C@H]4O[C@@H](n5ccc(=O)[nH]c5=O)[C@@H](F)C4O3)cc2)cc1. The first kappa shape index (κ1) is 50.5. The van der Waals surface area contributed by atoms with E-state index < -0.39 is 94.3 Å². The summed E-state index contributed by atoms with van der Waals surface area (Å²) in [5, 5.41) is 0. The molecular formula is C43H51F2N7O14P2S. The molecule has 0 spiro atoms. The van der Waals surface area contributed by atoms with E-state index in [1.165, 1.54) is 57.0 Å². The molecule has 3 aliphatic heterocycles. The molecule has 4 unspecified atom stereocenters. The van der Waals surface area contributed by atoms with Crippen LogP contribution in [0.25, 0.3) is 11.2 Å². The van der Waals surface area contributed by atoms with Crippen molar-refractivity contribution in [3.8, 4) is 11.5 Å². The molecule has 3 saturated heterocycles. The van der Waals surface area contributed by atoms with E-state index in [4.69, 9.17) is 42.8 Å². The van der Waals surface area contributed by atoms with Crippen molar-refractivity contribution in [1.29, 1.82) is 0 Å². The maximum Gasteiger partial charge on any atom is 0.472 e. The van der Waals surface area contributed by atoms with Crippen LogP contribution < -0.4 is 26.5 Å². The van der Waals surface area contributed by atoms with E-state index in [1.54, 1.807) is 36.4 Å². The summed E-state index contributed by atoms with van der Waals surface area (Å²) < 4.78 is 109. The summed E-state index contributed by atoms with van der Waals surface area (Å²) in [6.45, 7) is -3.63. The number of fused-ring (bicyclic) bond motifs is 3. The van der Waals surface area contributed by atoms with Crippen molar-refractivity contribution >= 4 is 49.0 Å². The lowest BCUT2D eigenvalue weighted by atomic mass is 10.1. The van der Waals surface area contributed by atoms with Gasteiger partial charge in [0.25, 0.3) is 5.56 Å². The number of phosphoric acid groups is 1. The number of hydrogen-bond donors (Lipinski definition) is 3. The van der Waals surface area contributed by atoms with Gasteiger partial charge in [0.05, 0.1) is 31.7 Å². The molecule has 0 amide bonds. The number of rotatable bonds is 17. The maximum atomic E-state index is 16.5. The third kappa shape index (κ3) is 12.4. The number of hydrogen-bond acceptors (Lipinski definition) is 18. The molecule has 0 saturated carbocycles. The van der Waals surface area contributed by atoms with E-state index in [0.717, 1.165) is 36.0 Å². The van der Waals surface area contributed by atoms with Crippen LogP contribution in [-0.2, 0) is 42.5 Å². The van der Waals surface area contributed by atoms with E-state index in [2.05, 4.69) is 21.9 Å². The fraction of sp³-hybridized carbons (Fsp3) is 0.488. The van der Waals surface area contributed by atoms with Crippen LogP contribution in [0.4, 0.5) is 14.6 Å². The number of H-pyrrole nitrogens is 1. The number of carbonyl (C=O) groups is 1. The Kier molecular flexibility index (Phi) is 16.5. The van der Waals surface area contributed by atoms with Gasteiger partial charge in [-0.25, -0.2) is 42.5 Å². The van der Waals surface area contributed by atoms with Crippen molar-refractivity contribution in [2.45, 2.75) is 113 Å². The molecular weight excluding hydrogens is 971 g/mol. The normalized spacial score (nSPS) is 28.3. The van der Waals surface area contributed by atoms with Gasteiger partial charge in [0.15, 0.2) is 36.3 Å². The molecule has 10 atom stereocenters. The zero-order chi connectivity index (χ0) is 48.7. The highest BCUT2D eigenvalue weighted by molar-refractivity contribution is 8.54. The first-order chi connectivity index (χ1) is 33.2. The molecule has 4 N–H and O–H groups in total. The molecule has 8 rings (SSSR count). The average molecular weight is 1020 g/mol. The molecule has 0 aliphatic carbocycles. The minimum atomic E-state index is -5.24. The zero-order valence-corrected chi connectivity index (χ0v) is 39.8. The summed E-state index contributed by atoms with van der Waals surface area (Å²) in [6, 6.07) is 13.8. The maximum absolute atomic E-state index is 16.5. The summed E-state index contributed by atoms with van der Waals surface area (Å²) in [7, 11) is -5.24. The van der Waals surface area contributed by atoms with Crippen LogP contribution in [0.1, 0.15) is 86.7 Å². The van der Waals surface area contributed by atoms with Gasteiger partial charge in [-0.2, -0.15) is 0 Å². The van der Waals surface area contributed by atoms with Crippen LogP contribution in [-0.4, -0.2) is 96.5 Å². The molecule has 3 aromatic heterocycles. The monoisotopic (exact) mass is 1020 g/mol. The number of alkyl halides is 2. The predicted octanol–water partition coefficient (Wildman–Crippen LogP) is 7.13. The standard InChI is InChI=1S/C43H51F2N7O14P2S/c1-2-3-4-5-6-7-8-9-20-59-28-16-12-27(13-17-28)42(54)62-29-14-10-26(11-15-29)23-69-68(58)61-22-31-36(33(44)41(64-31)52-25-49-35-38(46)47-24-48-39(35)52)65-67(56,57)60-21-30-37(66-68)34(45)40(63-30)51-19-18-32(53)50-43(51)55/h10-19,24-25,30-31,33-34,36-37,40-41H,2-9,20-23H2,1H3,(H,56,57)(H2,46,47,48)(H,50,53,55)/t30-,31-,33+,34+,36?,37?,40-,41-,68?/m1/s1. The second kappa shape index (κ2) is 22.5. The van der Waals surface area contributed by atoms with E-state index in [1.807, 2.05) is 4.98 Å². The van der Waals surface area contributed by atoms with Gasteiger partial charge in [0.2, 0.25) is 0 Å². The quantitative estimate of drug-likeness (QED) is 0.0362. The minimum Gasteiger partial charge on any atom is -0.494 e. The lowest BCUT2D eigenvalue weighted by Crippen LogP contribution is -2.38. The van der Waals surface area contributed by atoms with Crippen molar-refractivity contribution in [3.63, 3.8) is 0 Å². The number of aromatic nitrogens is 6. The molecule has 0 radical (unpaired) electrons. The van der Waals surface area contributed by atoms with Crippen molar-refractivity contribution in [2.24, 2.45) is 0 Å². The molecule has 26 heteroatoms. The molecule has 6 heterocycles. The second-order valence-electron chi connectivity index (χ2n) is 16.4. The highest BCUT2D eigenvalue weighted by atomic mass is 32.7. The van der Waals surface area contributed by atoms with Crippen LogP contribution in [0.5, 0.6) is 11.5 Å². The number of imidazole rings is 1. The first-order valence-corrected chi connectivity index (χ1v) is 26.9. The molecule has 3 aliphatic rings. The van der Waals surface area contributed by atoms with Gasteiger partial charge >= 0.3 is 26.3 Å². The Balaban J connectivity index is 0.953. The summed E-state index contributed by atoms with van der Waals surface area (Å²) in [5.74, 6) is 0.0933. The number of ether oxygens (including phenoxy) is 4. The average Bonchev–Trinajstić information content (AvgIpc) is 3.99. The smallest absolute Gasteiger partial charge is 0.472 e. The number of esters is 1. The number of nitrogens with two attached hydrogens (primary N) is 1. The zero-order valence-electron chi connectivity index (χ0n) is 37.2. The Bertz CT molecular complexity index is 2770. The van der Waals surface area contributed by atoms with Gasteiger partial charge in [-0.05, 0) is 59.8 Å². The molecule has 0 bridgehead atoms. The van der Waals surface area contributed by atoms with E-state index in [-0.39, 0.29) is 28.5 Å². The summed E-state index contributed by atoms with van der Waals surface area (Å²) in [5.41, 5.74) is 5.05. The second-order valence-corrected chi connectivity index (χ2v) is 21.9. The van der Waals surface area contributed by atoms with E-state index in [9.17, 15) is 28.4 Å². The molecule has 21 nitrogen and oxygen atoms in total. The molecule has 5 aromatic rings. The van der Waals surface area contributed by atoms with Gasteiger partial charge in [0.1, 0.15) is 47.8 Å². The van der Waals surface area contributed by atoms with Crippen molar-refractivity contribution < 1.29 is 64.6 Å². The fourth-order valence-corrected chi connectivity index (χ4v) is 12.2. The van der Waals surface area contributed by atoms with Crippen LogP contribution in [0.15, 0.2) is 83.0 Å². The van der Waals surface area contributed by atoms with E-state index >= 15 is 8.78 Å². The Morgan fingerprint density at radius 2 is 1.48 bits per heavy atom. The number of phosphoric ester groups is 1. The van der Waals surface area contributed by atoms with Crippen LogP contribution in [0.2, 0.25) is 0 Å². The number of benzene rings is 2. The Hall–Kier alpha value is -4.87. The van der Waals surface area contributed by atoms with E-state index in [0.29, 0.717) is 39.4 Å². The Morgan fingerprint density at radius 3 is 2.17 bits per heavy atom. The third-order valence-corrected chi connectivity index (χ3v) is 16.1. The van der Waals surface area contributed by atoms with Gasteiger partial charge < -0.3 is 29.6 Å². The number of nitrogen functional groups attached to an aromatic ring is 1. The van der Waals surface area contributed by atoms with Crippen molar-refractivity contribution in [2.75, 3.05) is 25.6 Å². The van der Waals surface area contributed by atoms with Gasteiger partial charge in [-0.1, -0.05) is 64.0 Å². The Labute approximate surface area is 397 Å². The number of anilines is 1. The highest BCUT2D eigenvalue weighted by Crippen LogP contribution is 2.65. The van der Waals surface area contributed by atoms with Crippen LogP contribution in [0.3, 0.4) is 0 Å². The van der Waals surface area contributed by atoms with Gasteiger partial charge in [0, 0.05) is 18.0 Å². The molecule has 2 aromatic carbocycles. The lowest BCUT2D eigenvalue weighted by Gasteiger charge is -2.29. The minimum absolute atomic E-state index is 0.0140. The third-order valence-electron chi connectivity index (χ3n) is 11.5. The van der Waals surface area contributed by atoms with Crippen LogP contribution >= 0.6 is 26.0 Å². The molecule has 372 valence electrons. The Morgan fingerprint density at radius 1 is 0.841 bits per heavy atom. The van der Waals surface area contributed by atoms with Gasteiger partial charge in [-0.3, -0.25) is 37.0 Å². The van der Waals surface area contributed by atoms with Crippen LogP contribution in [0, 0.1) is 0 Å². The number of nitrogens with zero attached hydrogens (tertiary/aromatic N) is 5. The number of unbranched alkanes of at least 4 members (excludes halogenated alkanes) is 7. The predicted molar refractivity (Wildman–Crippen MR) is 245 cm³/mol.